The molecule has 1 aromatic carbocycles. The Kier molecular flexibility index (Phi) is 8.69. The monoisotopic (exact) mass is 555 g/mol. The van der Waals surface area contributed by atoms with Gasteiger partial charge in [0.2, 0.25) is 0 Å². The second kappa shape index (κ2) is 11.7. The number of alkyl halides is 1. The molecule has 1 atom stereocenters. The Morgan fingerprint density at radius 1 is 1.18 bits per heavy atom. The number of alkyl carbamates (subject to hydrolysis) is 1. The zero-order valence-electron chi connectivity index (χ0n) is 24.0. The van der Waals surface area contributed by atoms with Gasteiger partial charge >= 0.3 is 6.09 Å². The number of nitrogens with zero attached hydrogens (tertiary/aromatic N) is 1. The molecule has 1 saturated heterocycles. The van der Waals surface area contributed by atoms with Crippen LogP contribution in [0.5, 0.6) is 0 Å². The summed E-state index contributed by atoms with van der Waals surface area (Å²) in [7, 11) is 0. The van der Waals surface area contributed by atoms with Gasteiger partial charge in [-0.2, -0.15) is 0 Å². The average molecular weight is 556 g/mol. The van der Waals surface area contributed by atoms with Crippen molar-refractivity contribution in [3.05, 3.63) is 59.0 Å². The number of allylic oxidation sites excluding steroid dienone is 3. The van der Waals surface area contributed by atoms with E-state index in [-0.39, 0.29) is 22.7 Å². The third kappa shape index (κ3) is 7.18. The van der Waals surface area contributed by atoms with Crippen LogP contribution in [0, 0.1) is 5.41 Å². The van der Waals surface area contributed by atoms with Crippen molar-refractivity contribution in [3.63, 3.8) is 0 Å². The van der Waals surface area contributed by atoms with Crippen molar-refractivity contribution < 1.29 is 19.1 Å². The summed E-state index contributed by atoms with van der Waals surface area (Å²) in [5.74, 6) is 0.855. The number of piperidine rings is 1. The van der Waals surface area contributed by atoms with Crippen molar-refractivity contribution in [1.29, 1.82) is 0 Å². The normalized spacial score (nSPS) is 19.9. The standard InChI is InChI=1S/C31H42ClN3O4/c1-20-18-22(19-31(5,6)27(20)32)38-17-9-11-24-23-10-7-8-12-25(23)34-26(24)28(36)35-15-13-21(14-16-35)33-29(37)39-30(2,3)4/h7-8,10,12,18-19,21,27,34H,9,11,13-17H2,1-6H3,(H,33,37). The van der Waals surface area contributed by atoms with Crippen molar-refractivity contribution in [1.82, 2.24) is 15.2 Å². The number of nitrogens with one attached hydrogen (secondary N) is 2. The molecule has 1 aromatic heterocycles. The topological polar surface area (TPSA) is 83.7 Å². The van der Waals surface area contributed by atoms with E-state index in [1.54, 1.807) is 0 Å². The van der Waals surface area contributed by atoms with E-state index in [0.717, 1.165) is 40.6 Å². The minimum atomic E-state index is -0.537. The quantitative estimate of drug-likeness (QED) is 0.293. The molecule has 0 saturated carbocycles. The van der Waals surface area contributed by atoms with Gasteiger partial charge in [-0.15, -0.1) is 11.6 Å². The summed E-state index contributed by atoms with van der Waals surface area (Å²) in [6.07, 6.45) is 6.59. The van der Waals surface area contributed by atoms with Crippen LogP contribution in [0.4, 0.5) is 4.79 Å². The van der Waals surface area contributed by atoms with Crippen LogP contribution in [-0.4, -0.2) is 58.6 Å². The van der Waals surface area contributed by atoms with Crippen LogP contribution < -0.4 is 5.32 Å². The van der Waals surface area contributed by atoms with Crippen molar-refractivity contribution in [3.8, 4) is 0 Å². The molecule has 7 nitrogen and oxygen atoms in total. The molecular formula is C31H42ClN3O4. The van der Waals surface area contributed by atoms with E-state index in [1.807, 2.05) is 56.9 Å². The van der Waals surface area contributed by atoms with E-state index in [4.69, 9.17) is 21.1 Å². The molecule has 1 aliphatic carbocycles. The number of halogens is 1. The summed E-state index contributed by atoms with van der Waals surface area (Å²) in [5, 5.41) is 3.97. The first-order valence-electron chi connectivity index (χ1n) is 13.9. The Morgan fingerprint density at radius 2 is 1.87 bits per heavy atom. The summed E-state index contributed by atoms with van der Waals surface area (Å²) >= 11 is 6.54. The van der Waals surface area contributed by atoms with Gasteiger partial charge in [0, 0.05) is 35.4 Å². The minimum absolute atomic E-state index is 0.00119. The third-order valence-corrected chi connectivity index (χ3v) is 8.21. The van der Waals surface area contributed by atoms with Gasteiger partial charge in [0.15, 0.2) is 0 Å². The van der Waals surface area contributed by atoms with Gasteiger partial charge in [0.1, 0.15) is 17.1 Å². The van der Waals surface area contributed by atoms with Gasteiger partial charge in [-0.05, 0) is 77.2 Å². The third-order valence-electron chi connectivity index (χ3n) is 7.31. The number of carbonyl (C=O) groups excluding carboxylic acids is 2. The molecule has 1 aliphatic heterocycles. The smallest absolute Gasteiger partial charge is 0.407 e. The fraction of sp³-hybridized carbons (Fsp3) is 0.548. The number of carbonyl (C=O) groups is 2. The number of aryl methyl sites for hydroxylation is 1. The number of aromatic amines is 1. The number of hydrogen-bond acceptors (Lipinski definition) is 4. The molecule has 0 spiro atoms. The van der Waals surface area contributed by atoms with Gasteiger partial charge in [0.05, 0.1) is 12.0 Å². The van der Waals surface area contributed by atoms with Gasteiger partial charge in [0.25, 0.3) is 5.91 Å². The molecule has 2 amide bonds. The summed E-state index contributed by atoms with van der Waals surface area (Å²) in [4.78, 5) is 31.1. The molecule has 8 heteroatoms. The molecule has 39 heavy (non-hydrogen) atoms. The Balaban J connectivity index is 1.38. The number of fused-ring (bicyclic) bond motifs is 1. The Hall–Kier alpha value is -2.93. The summed E-state index contributed by atoms with van der Waals surface area (Å²) in [5.41, 5.74) is 3.04. The van der Waals surface area contributed by atoms with Crippen molar-refractivity contribution >= 4 is 34.5 Å². The molecule has 212 valence electrons. The first kappa shape index (κ1) is 29.1. The maximum absolute atomic E-state index is 13.6. The highest BCUT2D eigenvalue weighted by atomic mass is 35.5. The number of rotatable bonds is 7. The van der Waals surface area contributed by atoms with Crippen molar-refractivity contribution in [2.75, 3.05) is 19.7 Å². The Bertz CT molecular complexity index is 1260. The molecule has 2 aliphatic rings. The Labute approximate surface area is 236 Å². The predicted octanol–water partition coefficient (Wildman–Crippen LogP) is 6.72. The number of H-pyrrole nitrogens is 1. The number of ether oxygens (including phenoxy) is 2. The van der Waals surface area contributed by atoms with Crippen LogP contribution in [-0.2, 0) is 15.9 Å². The van der Waals surface area contributed by atoms with E-state index in [2.05, 4.69) is 36.3 Å². The highest BCUT2D eigenvalue weighted by molar-refractivity contribution is 6.23. The van der Waals surface area contributed by atoms with Crippen LogP contribution in [0.15, 0.2) is 47.7 Å². The average Bonchev–Trinajstić information content (AvgIpc) is 3.22. The molecule has 0 bridgehead atoms. The lowest BCUT2D eigenvalue weighted by Gasteiger charge is -2.33. The fourth-order valence-electron chi connectivity index (χ4n) is 5.39. The molecule has 2 N–H and O–H groups in total. The molecule has 1 fully saturated rings. The maximum Gasteiger partial charge on any atom is 0.407 e. The van der Waals surface area contributed by atoms with E-state index in [0.29, 0.717) is 38.2 Å². The van der Waals surface area contributed by atoms with Gasteiger partial charge in [-0.25, -0.2) is 4.79 Å². The lowest BCUT2D eigenvalue weighted by Crippen LogP contribution is -2.47. The van der Waals surface area contributed by atoms with E-state index in [1.165, 1.54) is 0 Å². The molecular weight excluding hydrogens is 514 g/mol. The molecule has 1 unspecified atom stereocenters. The molecule has 4 rings (SSSR count). The number of para-hydroxylation sites is 1. The minimum Gasteiger partial charge on any atom is -0.494 e. The van der Waals surface area contributed by atoms with Crippen LogP contribution in [0.25, 0.3) is 10.9 Å². The van der Waals surface area contributed by atoms with Crippen LogP contribution in [0.1, 0.15) is 76.9 Å². The molecule has 2 aromatic rings. The lowest BCUT2D eigenvalue weighted by molar-refractivity contribution is 0.0473. The second-order valence-corrected chi connectivity index (χ2v) is 12.7. The van der Waals surface area contributed by atoms with Crippen LogP contribution in [0.3, 0.4) is 0 Å². The molecule has 2 heterocycles. The van der Waals surface area contributed by atoms with Gasteiger partial charge in [-0.1, -0.05) is 37.6 Å². The van der Waals surface area contributed by atoms with Crippen molar-refractivity contribution in [2.45, 2.75) is 84.2 Å². The number of likely N-dealkylation sites (tertiary alicyclic amines) is 1. The maximum atomic E-state index is 13.6. The highest BCUT2D eigenvalue weighted by Crippen LogP contribution is 2.37. The lowest BCUT2D eigenvalue weighted by atomic mass is 9.81. The highest BCUT2D eigenvalue weighted by Gasteiger charge is 2.31. The summed E-state index contributed by atoms with van der Waals surface area (Å²) < 4.78 is 11.5. The largest absolute Gasteiger partial charge is 0.494 e. The fourth-order valence-corrected chi connectivity index (χ4v) is 5.52. The van der Waals surface area contributed by atoms with Crippen LogP contribution >= 0.6 is 11.6 Å². The predicted molar refractivity (Wildman–Crippen MR) is 156 cm³/mol. The second-order valence-electron chi connectivity index (χ2n) is 12.3. The van der Waals surface area contributed by atoms with Gasteiger partial charge < -0.3 is 24.7 Å². The number of benzene rings is 1. The summed E-state index contributed by atoms with van der Waals surface area (Å²) in [6.45, 7) is 13.5. The first-order chi connectivity index (χ1) is 18.3. The first-order valence-corrected chi connectivity index (χ1v) is 14.3. The van der Waals surface area contributed by atoms with E-state index >= 15 is 0 Å². The number of hydrogen-bond donors (Lipinski definition) is 2. The summed E-state index contributed by atoms with van der Waals surface area (Å²) in [6, 6.07) is 8.05. The van der Waals surface area contributed by atoms with Crippen LogP contribution in [0.2, 0.25) is 0 Å². The SMILES string of the molecule is CC1=CC(OCCCc2c(C(=O)N3CCC(NC(=O)OC(C)(C)C)CC3)[nH]c3ccccc23)=CC(C)(C)C1Cl. The molecule has 0 radical (unpaired) electrons. The van der Waals surface area contributed by atoms with Gasteiger partial charge in [-0.3, -0.25) is 4.79 Å². The Morgan fingerprint density at radius 3 is 2.54 bits per heavy atom. The number of amides is 2. The van der Waals surface area contributed by atoms with E-state index < -0.39 is 11.7 Å². The number of aromatic nitrogens is 1. The van der Waals surface area contributed by atoms with Crippen molar-refractivity contribution in [2.24, 2.45) is 5.41 Å². The zero-order valence-corrected chi connectivity index (χ0v) is 24.8. The zero-order chi connectivity index (χ0) is 28.4. The van der Waals surface area contributed by atoms with E-state index in [9.17, 15) is 9.59 Å².